The summed E-state index contributed by atoms with van der Waals surface area (Å²) in [6, 6.07) is 0. The Morgan fingerprint density at radius 2 is 2.10 bits per heavy atom. The van der Waals surface area contributed by atoms with Crippen molar-refractivity contribution in [3.63, 3.8) is 0 Å². The van der Waals surface area contributed by atoms with E-state index in [4.69, 9.17) is 0 Å². The Morgan fingerprint density at radius 3 is 2.70 bits per heavy atom. The predicted molar refractivity (Wildman–Crippen MR) is 77.1 cm³/mol. The summed E-state index contributed by atoms with van der Waals surface area (Å²) in [6.07, 6.45) is 5.50. The Morgan fingerprint density at radius 1 is 1.40 bits per heavy atom. The van der Waals surface area contributed by atoms with Crippen molar-refractivity contribution in [1.82, 2.24) is 25.0 Å². The lowest BCUT2D eigenvalue weighted by molar-refractivity contribution is -0.123. The summed E-state index contributed by atoms with van der Waals surface area (Å²) in [7, 11) is 0. The Bertz CT molecular complexity index is 421. The van der Waals surface area contributed by atoms with Gasteiger partial charge in [-0.25, -0.2) is 9.67 Å². The Balaban J connectivity index is 1.79. The van der Waals surface area contributed by atoms with Crippen molar-refractivity contribution >= 4 is 5.91 Å². The lowest BCUT2D eigenvalue weighted by Crippen LogP contribution is -2.53. The van der Waals surface area contributed by atoms with E-state index in [1.807, 2.05) is 0 Å². The first-order valence-electron chi connectivity index (χ1n) is 7.30. The molecule has 6 heteroatoms. The maximum atomic E-state index is 12.0. The molecule has 0 spiro atoms. The normalized spacial score (nSPS) is 18.1. The van der Waals surface area contributed by atoms with Crippen molar-refractivity contribution in [2.24, 2.45) is 5.92 Å². The third-order valence-electron chi connectivity index (χ3n) is 3.75. The number of carbonyl (C=O) groups excluding carboxylic acids is 1. The molecule has 0 saturated carbocycles. The highest BCUT2D eigenvalue weighted by molar-refractivity contribution is 5.76. The molecule has 2 rings (SSSR count). The van der Waals surface area contributed by atoms with Crippen LogP contribution in [0.2, 0.25) is 0 Å². The minimum Gasteiger partial charge on any atom is -0.348 e. The van der Waals surface area contributed by atoms with E-state index in [2.05, 4.69) is 41.1 Å². The molecule has 6 nitrogen and oxygen atoms in total. The lowest BCUT2D eigenvalue weighted by Gasteiger charge is -2.37. The highest BCUT2D eigenvalue weighted by Crippen LogP contribution is 2.18. The zero-order chi connectivity index (χ0) is 14.6. The van der Waals surface area contributed by atoms with Crippen LogP contribution in [0.5, 0.6) is 0 Å². The lowest BCUT2D eigenvalue weighted by atomic mass is 9.96. The van der Waals surface area contributed by atoms with Crippen molar-refractivity contribution in [3.8, 4) is 0 Å². The summed E-state index contributed by atoms with van der Waals surface area (Å²) in [5.74, 6) is 0.808. The molecule has 1 aliphatic rings. The number of piperidine rings is 1. The molecular formula is C14H25N5O. The van der Waals surface area contributed by atoms with E-state index < -0.39 is 0 Å². The molecule has 1 amide bonds. The van der Waals surface area contributed by atoms with Crippen LogP contribution in [-0.2, 0) is 11.3 Å². The minimum atomic E-state index is -0.224. The molecule has 1 fully saturated rings. The summed E-state index contributed by atoms with van der Waals surface area (Å²) >= 11 is 0. The van der Waals surface area contributed by atoms with E-state index >= 15 is 0 Å². The van der Waals surface area contributed by atoms with Gasteiger partial charge in [-0.2, -0.15) is 5.10 Å². The average molecular weight is 279 g/mol. The molecule has 1 aromatic rings. The number of likely N-dealkylation sites (tertiary alicyclic amines) is 1. The summed E-state index contributed by atoms with van der Waals surface area (Å²) in [5, 5.41) is 7.03. The SMILES string of the molecule is CC1CCN(CC(C)(C)NC(=O)Cn2cncn2)CC1. The molecule has 1 saturated heterocycles. The van der Waals surface area contributed by atoms with Gasteiger partial charge in [0.2, 0.25) is 5.91 Å². The molecular weight excluding hydrogens is 254 g/mol. The average Bonchev–Trinajstić information content (AvgIpc) is 2.83. The van der Waals surface area contributed by atoms with Gasteiger partial charge in [0, 0.05) is 12.1 Å². The number of hydrogen-bond donors (Lipinski definition) is 1. The van der Waals surface area contributed by atoms with Crippen LogP contribution in [0.4, 0.5) is 0 Å². The van der Waals surface area contributed by atoms with Gasteiger partial charge < -0.3 is 10.2 Å². The van der Waals surface area contributed by atoms with Crippen LogP contribution in [0.1, 0.15) is 33.6 Å². The molecule has 112 valence electrons. The van der Waals surface area contributed by atoms with Gasteiger partial charge in [0.25, 0.3) is 0 Å². The fourth-order valence-electron chi connectivity index (χ4n) is 2.70. The first-order valence-corrected chi connectivity index (χ1v) is 7.30. The fourth-order valence-corrected chi connectivity index (χ4v) is 2.70. The molecule has 1 N–H and O–H groups in total. The fraction of sp³-hybridized carbons (Fsp3) is 0.786. The van der Waals surface area contributed by atoms with Crippen molar-refractivity contribution in [2.45, 2.75) is 45.7 Å². The number of nitrogens with one attached hydrogen (secondary N) is 1. The number of amides is 1. The molecule has 20 heavy (non-hydrogen) atoms. The monoisotopic (exact) mass is 279 g/mol. The molecule has 0 atom stereocenters. The second-order valence-corrected chi connectivity index (χ2v) is 6.48. The zero-order valence-electron chi connectivity index (χ0n) is 12.7. The molecule has 0 aromatic carbocycles. The third kappa shape index (κ3) is 4.59. The maximum absolute atomic E-state index is 12.0. The largest absolute Gasteiger partial charge is 0.348 e. The van der Waals surface area contributed by atoms with Gasteiger partial charge in [0.05, 0.1) is 0 Å². The second kappa shape index (κ2) is 6.35. The van der Waals surface area contributed by atoms with Gasteiger partial charge in [-0.3, -0.25) is 4.79 Å². The van der Waals surface area contributed by atoms with Crippen molar-refractivity contribution in [2.75, 3.05) is 19.6 Å². The van der Waals surface area contributed by atoms with Crippen molar-refractivity contribution in [3.05, 3.63) is 12.7 Å². The molecule has 2 heterocycles. The van der Waals surface area contributed by atoms with E-state index in [0.717, 1.165) is 25.6 Å². The van der Waals surface area contributed by atoms with Gasteiger partial charge in [-0.05, 0) is 45.7 Å². The van der Waals surface area contributed by atoms with E-state index in [-0.39, 0.29) is 18.0 Å². The van der Waals surface area contributed by atoms with Gasteiger partial charge in [-0.1, -0.05) is 6.92 Å². The Kier molecular flexibility index (Phi) is 4.75. The summed E-state index contributed by atoms with van der Waals surface area (Å²) in [6.45, 7) is 9.83. The highest BCUT2D eigenvalue weighted by atomic mass is 16.2. The van der Waals surface area contributed by atoms with Crippen LogP contribution in [-0.4, -0.2) is 50.7 Å². The number of carbonyl (C=O) groups is 1. The van der Waals surface area contributed by atoms with Gasteiger partial charge >= 0.3 is 0 Å². The first-order chi connectivity index (χ1) is 9.44. The van der Waals surface area contributed by atoms with Crippen LogP contribution in [0.3, 0.4) is 0 Å². The summed E-state index contributed by atoms with van der Waals surface area (Å²) in [4.78, 5) is 18.3. The molecule has 1 aromatic heterocycles. The first kappa shape index (κ1) is 15.0. The van der Waals surface area contributed by atoms with Gasteiger partial charge in [0.1, 0.15) is 19.2 Å². The van der Waals surface area contributed by atoms with E-state index in [1.165, 1.54) is 23.9 Å². The maximum Gasteiger partial charge on any atom is 0.242 e. The molecule has 1 aliphatic heterocycles. The summed E-state index contributed by atoms with van der Waals surface area (Å²) < 4.78 is 1.54. The van der Waals surface area contributed by atoms with Crippen LogP contribution >= 0.6 is 0 Å². The number of hydrogen-bond acceptors (Lipinski definition) is 4. The molecule has 0 unspecified atom stereocenters. The van der Waals surface area contributed by atoms with E-state index in [0.29, 0.717) is 0 Å². The molecule has 0 bridgehead atoms. The molecule has 0 aliphatic carbocycles. The number of aromatic nitrogens is 3. The second-order valence-electron chi connectivity index (χ2n) is 6.48. The van der Waals surface area contributed by atoms with Gasteiger partial charge in [0.15, 0.2) is 0 Å². The van der Waals surface area contributed by atoms with Crippen LogP contribution in [0, 0.1) is 5.92 Å². The number of rotatable bonds is 5. The van der Waals surface area contributed by atoms with E-state index in [9.17, 15) is 4.79 Å². The van der Waals surface area contributed by atoms with Crippen molar-refractivity contribution in [1.29, 1.82) is 0 Å². The van der Waals surface area contributed by atoms with Crippen molar-refractivity contribution < 1.29 is 4.79 Å². The smallest absolute Gasteiger partial charge is 0.242 e. The number of nitrogens with zero attached hydrogens (tertiary/aromatic N) is 4. The quantitative estimate of drug-likeness (QED) is 0.870. The van der Waals surface area contributed by atoms with E-state index in [1.54, 1.807) is 6.33 Å². The topological polar surface area (TPSA) is 63.1 Å². The van der Waals surface area contributed by atoms with Crippen LogP contribution in [0.25, 0.3) is 0 Å². The standard InChI is InChI=1S/C14H25N5O/c1-12-4-6-18(7-5-12)9-14(2,3)17-13(20)8-19-11-15-10-16-19/h10-12H,4-9H2,1-3H3,(H,17,20). The predicted octanol–water partition coefficient (Wildman–Crippen LogP) is 0.905. The molecule has 0 radical (unpaired) electrons. The Labute approximate surface area is 120 Å². The highest BCUT2D eigenvalue weighted by Gasteiger charge is 2.26. The Hall–Kier alpha value is -1.43. The zero-order valence-corrected chi connectivity index (χ0v) is 12.7. The van der Waals surface area contributed by atoms with Gasteiger partial charge in [-0.15, -0.1) is 0 Å². The minimum absolute atomic E-state index is 0.0223. The third-order valence-corrected chi connectivity index (χ3v) is 3.75. The summed E-state index contributed by atoms with van der Waals surface area (Å²) in [5.41, 5.74) is -0.224. The van der Waals surface area contributed by atoms with Crippen LogP contribution < -0.4 is 5.32 Å². The van der Waals surface area contributed by atoms with Crippen LogP contribution in [0.15, 0.2) is 12.7 Å².